The minimum absolute atomic E-state index is 0.0680. The first-order valence-corrected chi connectivity index (χ1v) is 15.5. The molecule has 3 atom stereocenters. The molecule has 0 radical (unpaired) electrons. The summed E-state index contributed by atoms with van der Waals surface area (Å²) in [7, 11) is 3.68. The maximum absolute atomic E-state index is 13.8. The molecule has 1 aliphatic heterocycles. The highest BCUT2D eigenvalue weighted by molar-refractivity contribution is 7.13. The lowest BCUT2D eigenvalue weighted by Crippen LogP contribution is -2.49. The Morgan fingerprint density at radius 3 is 2.59 bits per heavy atom. The van der Waals surface area contributed by atoms with Gasteiger partial charge in [0.15, 0.2) is 5.75 Å². The number of hydrogen-bond acceptors (Lipinski definition) is 8. The number of methoxy groups -OCH3 is 1. The van der Waals surface area contributed by atoms with Crippen molar-refractivity contribution in [3.63, 3.8) is 0 Å². The summed E-state index contributed by atoms with van der Waals surface area (Å²) in [5.74, 6) is 0.500. The summed E-state index contributed by atoms with van der Waals surface area (Å²) in [5.41, 5.74) is 3.30. The van der Waals surface area contributed by atoms with Gasteiger partial charge in [0.1, 0.15) is 16.9 Å². The number of para-hydroxylation sites is 1. The number of aliphatic hydroxyl groups excluding tert-OH is 1. The molecule has 1 aliphatic rings. The summed E-state index contributed by atoms with van der Waals surface area (Å²) >= 11 is 1.53. The maximum Gasteiger partial charge on any atom is 0.258 e. The largest absolute Gasteiger partial charge is 0.497 e. The summed E-state index contributed by atoms with van der Waals surface area (Å²) in [6, 6.07) is 20.0. The number of likely N-dealkylation sites (N-methyl/N-ethyl adjacent to an activating group) is 1. The minimum atomic E-state index is -0.386. The quantitative estimate of drug-likeness (QED) is 0.246. The Labute approximate surface area is 262 Å². The number of aliphatic hydroxyl groups is 1. The predicted molar refractivity (Wildman–Crippen MR) is 172 cm³/mol. The molecule has 2 amide bonds. The van der Waals surface area contributed by atoms with Crippen LogP contribution in [0.5, 0.6) is 11.5 Å². The highest BCUT2D eigenvalue weighted by Crippen LogP contribution is 2.35. The van der Waals surface area contributed by atoms with Gasteiger partial charge in [-0.3, -0.25) is 14.5 Å². The van der Waals surface area contributed by atoms with Gasteiger partial charge in [-0.1, -0.05) is 37.3 Å². The van der Waals surface area contributed by atoms with Gasteiger partial charge in [-0.05, 0) is 55.9 Å². The Morgan fingerprint density at radius 2 is 1.93 bits per heavy atom. The molecule has 0 bridgehead atoms. The van der Waals surface area contributed by atoms with Crippen LogP contribution in [0, 0.1) is 5.92 Å². The number of rotatable bonds is 10. The highest BCUT2D eigenvalue weighted by atomic mass is 32.1. The Balaban J connectivity index is 1.42. The monoisotopic (exact) mass is 614 g/mol. The molecular weight excluding hydrogens is 576 g/mol. The third kappa shape index (κ3) is 7.10. The van der Waals surface area contributed by atoms with Crippen LogP contribution in [0.25, 0.3) is 10.6 Å². The molecule has 0 unspecified atom stereocenters. The molecule has 0 saturated heterocycles. The molecular formula is C34H38N4O5S. The van der Waals surface area contributed by atoms with Gasteiger partial charge in [0.05, 0.1) is 31.0 Å². The van der Waals surface area contributed by atoms with E-state index in [4.69, 9.17) is 9.47 Å². The molecule has 4 aromatic rings. The van der Waals surface area contributed by atoms with Crippen molar-refractivity contribution in [2.24, 2.45) is 5.92 Å². The summed E-state index contributed by atoms with van der Waals surface area (Å²) in [5, 5.41) is 15.8. The molecule has 0 aliphatic carbocycles. The van der Waals surface area contributed by atoms with Crippen LogP contribution in [0.3, 0.4) is 0 Å². The zero-order valence-corrected chi connectivity index (χ0v) is 26.2. The van der Waals surface area contributed by atoms with E-state index in [0.717, 1.165) is 21.9 Å². The van der Waals surface area contributed by atoms with E-state index in [1.807, 2.05) is 62.7 Å². The van der Waals surface area contributed by atoms with Crippen LogP contribution in [-0.4, -0.2) is 77.7 Å². The van der Waals surface area contributed by atoms with Gasteiger partial charge in [0.25, 0.3) is 11.8 Å². The van der Waals surface area contributed by atoms with E-state index in [1.165, 1.54) is 11.3 Å². The lowest BCUT2D eigenvalue weighted by Gasteiger charge is -2.38. The van der Waals surface area contributed by atoms with Gasteiger partial charge < -0.3 is 24.8 Å². The molecule has 9 nitrogen and oxygen atoms in total. The van der Waals surface area contributed by atoms with Crippen molar-refractivity contribution < 1.29 is 24.2 Å². The van der Waals surface area contributed by atoms with Gasteiger partial charge in [0, 0.05) is 48.3 Å². The van der Waals surface area contributed by atoms with Crippen molar-refractivity contribution >= 4 is 28.8 Å². The third-order valence-corrected chi connectivity index (χ3v) is 8.69. The molecule has 230 valence electrons. The van der Waals surface area contributed by atoms with E-state index < -0.39 is 0 Å². The first kappa shape index (κ1) is 31.2. The number of ether oxygens (including phenoxy) is 2. The number of anilines is 1. The highest BCUT2D eigenvalue weighted by Gasteiger charge is 2.34. The molecule has 2 heterocycles. The van der Waals surface area contributed by atoms with Crippen LogP contribution in [0.4, 0.5) is 5.69 Å². The van der Waals surface area contributed by atoms with Gasteiger partial charge in [0.2, 0.25) is 0 Å². The lowest BCUT2D eigenvalue weighted by molar-refractivity contribution is 0.0343. The topological polar surface area (TPSA) is 104 Å². The van der Waals surface area contributed by atoms with Crippen molar-refractivity contribution in [3.05, 3.63) is 95.0 Å². The molecule has 0 spiro atoms. The maximum atomic E-state index is 13.8. The predicted octanol–water partition coefficient (Wildman–Crippen LogP) is 5.42. The van der Waals surface area contributed by atoms with Crippen LogP contribution < -0.4 is 14.8 Å². The van der Waals surface area contributed by atoms with Crippen molar-refractivity contribution in [1.29, 1.82) is 0 Å². The molecule has 3 aromatic carbocycles. The number of carbonyl (C=O) groups excluding carboxylic acids is 2. The zero-order valence-electron chi connectivity index (χ0n) is 25.4. The smallest absolute Gasteiger partial charge is 0.258 e. The Hall–Kier alpha value is -4.25. The molecule has 0 saturated carbocycles. The van der Waals surface area contributed by atoms with E-state index in [2.05, 4.69) is 15.2 Å². The first-order valence-electron chi connectivity index (χ1n) is 14.6. The van der Waals surface area contributed by atoms with E-state index in [1.54, 1.807) is 48.5 Å². The molecule has 5 rings (SSSR count). The molecule has 2 N–H and O–H groups in total. The van der Waals surface area contributed by atoms with Crippen LogP contribution in [0.2, 0.25) is 0 Å². The Morgan fingerprint density at radius 1 is 1.18 bits per heavy atom. The number of carbonyl (C=O) groups is 2. The summed E-state index contributed by atoms with van der Waals surface area (Å²) in [6.07, 6.45) is 1.44. The second-order valence-corrected chi connectivity index (χ2v) is 12.1. The van der Waals surface area contributed by atoms with E-state index in [-0.39, 0.29) is 36.5 Å². The molecule has 44 heavy (non-hydrogen) atoms. The standard InChI is InChI=1S/C34H38N4O5S/c1-22-18-38(23(2)21-39)34(41)28-6-5-7-29(36-32(40)25-10-12-26(13-11-25)33-35-16-17-44-33)31(28)43-30(22)20-37(3)19-24-8-14-27(42-4)15-9-24/h5-17,22-23,30,39H,18-21H2,1-4H3,(H,36,40)/t22-,23+,30-/m0/s1. The Bertz CT molecular complexity index is 1560. The molecule has 1 aromatic heterocycles. The van der Waals surface area contributed by atoms with Crippen molar-refractivity contribution in [3.8, 4) is 22.1 Å². The molecule has 0 fully saturated rings. The summed E-state index contributed by atoms with van der Waals surface area (Å²) < 4.78 is 12.0. The number of nitrogens with zero attached hydrogens (tertiary/aromatic N) is 3. The first-order chi connectivity index (χ1) is 21.3. The van der Waals surface area contributed by atoms with Crippen LogP contribution >= 0.6 is 11.3 Å². The van der Waals surface area contributed by atoms with Gasteiger partial charge in [-0.25, -0.2) is 4.98 Å². The number of benzene rings is 3. The number of aromatic nitrogens is 1. The van der Waals surface area contributed by atoms with Gasteiger partial charge in [-0.15, -0.1) is 11.3 Å². The van der Waals surface area contributed by atoms with Crippen LogP contribution in [-0.2, 0) is 6.54 Å². The van der Waals surface area contributed by atoms with Crippen molar-refractivity contribution in [2.75, 3.05) is 39.2 Å². The van der Waals surface area contributed by atoms with Crippen LogP contribution in [0.1, 0.15) is 40.1 Å². The lowest BCUT2D eigenvalue weighted by atomic mass is 9.98. The zero-order chi connectivity index (χ0) is 31.2. The fourth-order valence-electron chi connectivity index (χ4n) is 5.30. The number of fused-ring (bicyclic) bond motifs is 1. The fraction of sp³-hybridized carbons (Fsp3) is 0.324. The average Bonchev–Trinajstić information content (AvgIpc) is 3.58. The second-order valence-electron chi connectivity index (χ2n) is 11.2. The number of amides is 2. The molecule has 10 heteroatoms. The number of hydrogen-bond donors (Lipinski definition) is 2. The van der Waals surface area contributed by atoms with Crippen molar-refractivity contribution in [1.82, 2.24) is 14.8 Å². The van der Waals surface area contributed by atoms with E-state index in [0.29, 0.717) is 42.2 Å². The van der Waals surface area contributed by atoms with Crippen LogP contribution in [0.15, 0.2) is 78.3 Å². The fourth-order valence-corrected chi connectivity index (χ4v) is 5.94. The number of thiazole rings is 1. The second kappa shape index (κ2) is 14.0. The minimum Gasteiger partial charge on any atom is -0.497 e. The average molecular weight is 615 g/mol. The normalized spacial score (nSPS) is 17.3. The third-order valence-electron chi connectivity index (χ3n) is 7.87. The SMILES string of the molecule is COc1ccc(CN(C)C[C@@H]2Oc3c(NC(=O)c4ccc(-c5nccs5)cc4)cccc3C(=O)N([C@H](C)CO)C[C@@H]2C)cc1. The van der Waals surface area contributed by atoms with Gasteiger partial charge in [-0.2, -0.15) is 0 Å². The van der Waals surface area contributed by atoms with E-state index in [9.17, 15) is 14.7 Å². The van der Waals surface area contributed by atoms with Crippen molar-refractivity contribution in [2.45, 2.75) is 32.5 Å². The van der Waals surface area contributed by atoms with E-state index >= 15 is 0 Å². The Kier molecular flexibility index (Phi) is 9.94. The number of nitrogens with one attached hydrogen (secondary N) is 1. The van der Waals surface area contributed by atoms with Gasteiger partial charge >= 0.3 is 0 Å². The summed E-state index contributed by atoms with van der Waals surface area (Å²) in [4.78, 5) is 35.4. The summed E-state index contributed by atoms with van der Waals surface area (Å²) in [6.45, 7) is 5.40.